The number of nitrogens with one attached hydrogen (secondary N) is 1. The standard InChI is InChI=1S/C26H31N5O3S/c1-15-4-7-19-22(28)23(35-25(19)29-15)24(32)30-17-10-16-5-6-18(11-20(16)33-13-17)31-12-21(27)26(14-31)8-2-3-9-34-26/h4-7,11,17,21H,2-3,8-10,12-14,27-28H2,1H3,(H,30,32)/t17-,21+,26-/m1/s1. The van der Waals surface area contributed by atoms with Crippen molar-refractivity contribution in [3.63, 3.8) is 0 Å². The predicted octanol–water partition coefficient (Wildman–Crippen LogP) is 3.01. The number of anilines is 2. The lowest BCUT2D eigenvalue weighted by atomic mass is 9.89. The molecule has 1 aromatic carbocycles. The molecule has 1 amide bonds. The summed E-state index contributed by atoms with van der Waals surface area (Å²) in [4.78, 5) is 21.1. The number of thiophene rings is 1. The molecule has 9 heteroatoms. The van der Waals surface area contributed by atoms with E-state index >= 15 is 0 Å². The van der Waals surface area contributed by atoms with E-state index in [0.717, 1.165) is 65.4 Å². The van der Waals surface area contributed by atoms with Crippen LogP contribution in [0.3, 0.4) is 0 Å². The Balaban J connectivity index is 1.14. The van der Waals surface area contributed by atoms with Crippen LogP contribution < -0.4 is 26.4 Å². The third-order valence-corrected chi connectivity index (χ3v) is 8.65. The number of rotatable bonds is 3. The summed E-state index contributed by atoms with van der Waals surface area (Å²) in [5.74, 6) is 0.689. The van der Waals surface area contributed by atoms with Gasteiger partial charge in [0.1, 0.15) is 27.7 Å². The zero-order valence-corrected chi connectivity index (χ0v) is 20.7. The van der Waals surface area contributed by atoms with E-state index in [1.807, 2.05) is 19.1 Å². The molecule has 0 aliphatic carbocycles. The van der Waals surface area contributed by atoms with E-state index in [4.69, 9.17) is 20.9 Å². The first-order valence-corrected chi connectivity index (χ1v) is 13.1. The summed E-state index contributed by atoms with van der Waals surface area (Å²) >= 11 is 1.33. The Morgan fingerprint density at radius 3 is 3.00 bits per heavy atom. The number of hydrogen-bond acceptors (Lipinski definition) is 8. The molecule has 5 N–H and O–H groups in total. The summed E-state index contributed by atoms with van der Waals surface area (Å²) in [6.07, 6.45) is 4.01. The Bertz CT molecular complexity index is 1290. The van der Waals surface area contributed by atoms with Gasteiger partial charge in [-0.05, 0) is 56.4 Å². The number of ether oxygens (including phenoxy) is 2. The molecule has 2 saturated heterocycles. The van der Waals surface area contributed by atoms with Crippen LogP contribution in [0.5, 0.6) is 5.75 Å². The molecule has 0 unspecified atom stereocenters. The molecule has 2 fully saturated rings. The van der Waals surface area contributed by atoms with Crippen LogP contribution in [0.1, 0.15) is 40.2 Å². The summed E-state index contributed by atoms with van der Waals surface area (Å²) in [6.45, 7) is 4.73. The topological polar surface area (TPSA) is 116 Å². The number of aromatic nitrogens is 1. The third-order valence-electron chi connectivity index (χ3n) is 7.53. The molecule has 3 aliphatic heterocycles. The Morgan fingerprint density at radius 2 is 2.17 bits per heavy atom. The number of nitrogens with two attached hydrogens (primary N) is 2. The number of nitrogens with zero attached hydrogens (tertiary/aromatic N) is 2. The number of carbonyl (C=O) groups is 1. The number of pyridine rings is 1. The van der Waals surface area contributed by atoms with Gasteiger partial charge in [0.15, 0.2) is 0 Å². The molecule has 2 aromatic heterocycles. The second-order valence-electron chi connectivity index (χ2n) is 9.99. The van der Waals surface area contributed by atoms with Crippen LogP contribution in [0.2, 0.25) is 0 Å². The maximum atomic E-state index is 13.0. The van der Waals surface area contributed by atoms with Gasteiger partial charge < -0.3 is 31.2 Å². The fourth-order valence-electron chi connectivity index (χ4n) is 5.56. The van der Waals surface area contributed by atoms with E-state index in [2.05, 4.69) is 33.4 Å². The van der Waals surface area contributed by atoms with Crippen LogP contribution in [0.25, 0.3) is 10.2 Å². The van der Waals surface area contributed by atoms with Crippen LogP contribution in [-0.2, 0) is 11.2 Å². The Morgan fingerprint density at radius 1 is 1.29 bits per heavy atom. The molecule has 0 radical (unpaired) electrons. The second-order valence-corrected chi connectivity index (χ2v) is 11.0. The number of fused-ring (bicyclic) bond motifs is 2. The normalized spacial score (nSPS) is 26.1. The Kier molecular flexibility index (Phi) is 5.58. The molecule has 0 saturated carbocycles. The molecule has 35 heavy (non-hydrogen) atoms. The molecule has 3 aliphatic rings. The molecule has 1 spiro atoms. The quantitative estimate of drug-likeness (QED) is 0.514. The number of amides is 1. The highest BCUT2D eigenvalue weighted by Gasteiger charge is 2.47. The highest BCUT2D eigenvalue weighted by atomic mass is 32.1. The summed E-state index contributed by atoms with van der Waals surface area (Å²) in [6, 6.07) is 10.0. The SMILES string of the molecule is Cc1ccc2c(N)c(C(=O)N[C@H]3COc4cc(N5C[C@H](N)[C@@]6(CCCCO6)C5)ccc4C3)sc2n1. The Labute approximate surface area is 208 Å². The van der Waals surface area contributed by atoms with Crippen molar-refractivity contribution in [2.75, 3.05) is 36.9 Å². The highest BCUT2D eigenvalue weighted by molar-refractivity contribution is 7.21. The molecule has 5 heterocycles. The van der Waals surface area contributed by atoms with Crippen molar-refractivity contribution in [3.05, 3.63) is 46.5 Å². The highest BCUT2D eigenvalue weighted by Crippen LogP contribution is 2.38. The van der Waals surface area contributed by atoms with Crippen molar-refractivity contribution in [2.45, 2.75) is 50.3 Å². The molecular weight excluding hydrogens is 462 g/mol. The van der Waals surface area contributed by atoms with E-state index < -0.39 is 0 Å². The van der Waals surface area contributed by atoms with Crippen molar-refractivity contribution >= 4 is 38.8 Å². The van der Waals surface area contributed by atoms with E-state index in [0.29, 0.717) is 23.6 Å². The number of nitrogen functional groups attached to an aromatic ring is 1. The maximum Gasteiger partial charge on any atom is 0.263 e. The number of aryl methyl sites for hydroxylation is 1. The van der Waals surface area contributed by atoms with Gasteiger partial charge >= 0.3 is 0 Å². The van der Waals surface area contributed by atoms with Gasteiger partial charge in [-0.15, -0.1) is 11.3 Å². The number of benzene rings is 1. The van der Waals surface area contributed by atoms with Crippen molar-refractivity contribution < 1.29 is 14.3 Å². The summed E-state index contributed by atoms with van der Waals surface area (Å²) in [7, 11) is 0. The second kappa shape index (κ2) is 8.65. The average molecular weight is 494 g/mol. The molecule has 6 rings (SSSR count). The lowest BCUT2D eigenvalue weighted by Crippen LogP contribution is -2.51. The van der Waals surface area contributed by atoms with Crippen LogP contribution in [0.15, 0.2) is 30.3 Å². The van der Waals surface area contributed by atoms with E-state index in [9.17, 15) is 4.79 Å². The molecule has 0 bridgehead atoms. The lowest BCUT2D eigenvalue weighted by Gasteiger charge is -2.36. The van der Waals surface area contributed by atoms with Gasteiger partial charge in [0, 0.05) is 42.5 Å². The first-order valence-electron chi connectivity index (χ1n) is 12.3. The monoisotopic (exact) mass is 493 g/mol. The minimum atomic E-state index is -0.229. The minimum Gasteiger partial charge on any atom is -0.491 e. The van der Waals surface area contributed by atoms with E-state index in [-0.39, 0.29) is 23.6 Å². The summed E-state index contributed by atoms with van der Waals surface area (Å²) in [5, 5.41) is 3.93. The van der Waals surface area contributed by atoms with Gasteiger partial charge in [0.05, 0.1) is 17.8 Å². The van der Waals surface area contributed by atoms with Gasteiger partial charge in [-0.3, -0.25) is 4.79 Å². The van der Waals surface area contributed by atoms with Crippen LogP contribution in [0.4, 0.5) is 11.4 Å². The largest absolute Gasteiger partial charge is 0.491 e. The summed E-state index contributed by atoms with van der Waals surface area (Å²) in [5.41, 5.74) is 16.1. The fourth-order valence-corrected chi connectivity index (χ4v) is 6.60. The third kappa shape index (κ3) is 4.01. The van der Waals surface area contributed by atoms with Crippen LogP contribution in [-0.4, -0.2) is 54.9 Å². The van der Waals surface area contributed by atoms with Crippen molar-refractivity contribution in [3.8, 4) is 5.75 Å². The zero-order chi connectivity index (χ0) is 24.2. The average Bonchev–Trinajstić information content (AvgIpc) is 3.35. The van der Waals surface area contributed by atoms with Gasteiger partial charge in [-0.1, -0.05) is 6.07 Å². The van der Waals surface area contributed by atoms with Crippen molar-refractivity contribution in [2.24, 2.45) is 5.73 Å². The molecular formula is C26H31N5O3S. The maximum absolute atomic E-state index is 13.0. The van der Waals surface area contributed by atoms with Crippen LogP contribution in [0, 0.1) is 6.92 Å². The molecule has 3 aromatic rings. The van der Waals surface area contributed by atoms with E-state index in [1.54, 1.807) is 0 Å². The fraction of sp³-hybridized carbons (Fsp3) is 0.462. The lowest BCUT2D eigenvalue weighted by molar-refractivity contribution is -0.0717. The van der Waals surface area contributed by atoms with Gasteiger partial charge in [-0.2, -0.15) is 0 Å². The van der Waals surface area contributed by atoms with Crippen molar-refractivity contribution in [1.29, 1.82) is 0 Å². The molecule has 184 valence electrons. The number of carbonyl (C=O) groups excluding carboxylic acids is 1. The summed E-state index contributed by atoms with van der Waals surface area (Å²) < 4.78 is 12.3. The number of hydrogen-bond donors (Lipinski definition) is 3. The van der Waals surface area contributed by atoms with Gasteiger partial charge in [-0.25, -0.2) is 4.98 Å². The smallest absolute Gasteiger partial charge is 0.263 e. The zero-order valence-electron chi connectivity index (χ0n) is 19.9. The van der Waals surface area contributed by atoms with Gasteiger partial charge in [0.2, 0.25) is 0 Å². The first kappa shape index (κ1) is 22.6. The molecule has 3 atom stereocenters. The van der Waals surface area contributed by atoms with Gasteiger partial charge in [0.25, 0.3) is 5.91 Å². The van der Waals surface area contributed by atoms with E-state index in [1.165, 1.54) is 17.8 Å². The van der Waals surface area contributed by atoms with Crippen molar-refractivity contribution in [1.82, 2.24) is 10.3 Å². The molecule has 8 nitrogen and oxygen atoms in total. The van der Waals surface area contributed by atoms with Crippen LogP contribution >= 0.6 is 11.3 Å². The minimum absolute atomic E-state index is 0.0137. The Hall–Kier alpha value is -2.88. The predicted molar refractivity (Wildman–Crippen MR) is 138 cm³/mol. The first-order chi connectivity index (χ1) is 16.9.